The molecule has 1 heterocycles. The number of benzene rings is 3. The van der Waals surface area contributed by atoms with E-state index in [1.807, 2.05) is 0 Å². The fourth-order valence-corrected chi connectivity index (χ4v) is 4.42. The van der Waals surface area contributed by atoms with Gasteiger partial charge in [0.25, 0.3) is 0 Å². The molecule has 2 unspecified atom stereocenters. The first-order valence-electron chi connectivity index (χ1n) is 12.5. The lowest BCUT2D eigenvalue weighted by Crippen LogP contribution is -2.21. The van der Waals surface area contributed by atoms with Crippen LogP contribution in [0.4, 0.5) is 46.8 Å². The lowest BCUT2D eigenvalue weighted by molar-refractivity contribution is -0.137. The molecule has 0 aliphatic carbocycles. The van der Waals surface area contributed by atoms with Gasteiger partial charge in [-0.1, -0.05) is 18.2 Å². The maximum atomic E-state index is 12.9. The third-order valence-corrected chi connectivity index (χ3v) is 7.08. The zero-order valence-electron chi connectivity index (χ0n) is 22.5. The van der Waals surface area contributed by atoms with Crippen molar-refractivity contribution in [3.63, 3.8) is 0 Å². The number of nitrogens with zero attached hydrogens (tertiary/aromatic N) is 2. The molecule has 3 aromatic carbocycles. The second-order valence-corrected chi connectivity index (χ2v) is 11.6. The van der Waals surface area contributed by atoms with Crippen LogP contribution in [0.5, 0.6) is 0 Å². The number of aliphatic hydroxyl groups is 1. The van der Waals surface area contributed by atoms with Crippen molar-refractivity contribution in [1.29, 1.82) is 4.78 Å². The first-order valence-corrected chi connectivity index (χ1v) is 14.5. The van der Waals surface area contributed by atoms with Crippen LogP contribution in [-0.4, -0.2) is 44.2 Å². The molecule has 1 aromatic heterocycles. The van der Waals surface area contributed by atoms with E-state index in [9.17, 15) is 27.3 Å². The number of halogens is 3. The van der Waals surface area contributed by atoms with Crippen LogP contribution in [0.1, 0.15) is 12.5 Å². The van der Waals surface area contributed by atoms with Gasteiger partial charge in [-0.05, 0) is 67.1 Å². The van der Waals surface area contributed by atoms with Crippen LogP contribution in [0.3, 0.4) is 0 Å². The highest BCUT2D eigenvalue weighted by Gasteiger charge is 2.30. The molecule has 6 N–H and O–H groups in total. The van der Waals surface area contributed by atoms with Crippen molar-refractivity contribution in [3.05, 3.63) is 84.6 Å². The van der Waals surface area contributed by atoms with Crippen molar-refractivity contribution in [2.75, 3.05) is 34.1 Å². The SMILES string of the molecule is CC(CO)Nc1nc(Nc2ccc(S(C)(=N)=O)cc2)ncc1-c1ccc(NC(=O)Nc2cccc(C(F)(F)F)c2)cc1. The van der Waals surface area contributed by atoms with Crippen LogP contribution in [-0.2, 0) is 15.9 Å². The molecule has 2 amide bonds. The van der Waals surface area contributed by atoms with Crippen LogP contribution < -0.4 is 21.3 Å². The van der Waals surface area contributed by atoms with Crippen molar-refractivity contribution >= 4 is 44.6 Å². The van der Waals surface area contributed by atoms with Crippen molar-refractivity contribution in [2.24, 2.45) is 0 Å². The third-order valence-electron chi connectivity index (χ3n) is 5.91. The summed E-state index contributed by atoms with van der Waals surface area (Å²) in [5, 5.41) is 20.7. The molecule has 0 radical (unpaired) electrons. The minimum atomic E-state index is -4.53. The Kier molecular flexibility index (Phi) is 8.97. The molecule has 0 aliphatic heterocycles. The van der Waals surface area contributed by atoms with E-state index in [0.29, 0.717) is 33.2 Å². The minimum Gasteiger partial charge on any atom is -0.394 e. The summed E-state index contributed by atoms with van der Waals surface area (Å²) < 4.78 is 58.5. The molecule has 0 saturated carbocycles. The van der Waals surface area contributed by atoms with Crippen molar-refractivity contribution in [2.45, 2.75) is 24.0 Å². The fraction of sp³-hybridized carbons (Fsp3) is 0.179. The van der Waals surface area contributed by atoms with Gasteiger partial charge in [-0.25, -0.2) is 18.8 Å². The molecule has 0 aliphatic rings. The van der Waals surface area contributed by atoms with Crippen LogP contribution in [0.25, 0.3) is 11.1 Å². The Morgan fingerprint density at radius 2 is 1.64 bits per heavy atom. The zero-order chi connectivity index (χ0) is 30.5. The van der Waals surface area contributed by atoms with Gasteiger partial charge in [0, 0.05) is 46.0 Å². The van der Waals surface area contributed by atoms with Crippen molar-refractivity contribution in [3.8, 4) is 11.1 Å². The molecule has 0 saturated heterocycles. The number of carbonyl (C=O) groups is 1. The predicted molar refractivity (Wildman–Crippen MR) is 157 cm³/mol. The standard InChI is InChI=1S/C28H28F3N7O3S/c1-17(16-39)34-25-24(15-33-26(38-25)35-20-10-12-23(13-11-20)42(2,32)41)18-6-8-21(9-7-18)36-27(40)37-22-5-3-4-19(14-22)28(29,30)31/h3-15,17,32,39H,16H2,1-2H3,(H2,36,37,40)(H2,33,34,35,38). The molecule has 10 nitrogen and oxygen atoms in total. The Balaban J connectivity index is 1.50. The first kappa shape index (κ1) is 30.3. The summed E-state index contributed by atoms with van der Waals surface area (Å²) in [6, 6.07) is 16.5. The smallest absolute Gasteiger partial charge is 0.394 e. The number of alkyl halides is 3. The van der Waals surface area contributed by atoms with Gasteiger partial charge in [-0.3, -0.25) is 0 Å². The van der Waals surface area contributed by atoms with E-state index < -0.39 is 27.5 Å². The van der Waals surface area contributed by atoms with E-state index in [-0.39, 0.29) is 24.3 Å². The number of amides is 2. The number of carbonyl (C=O) groups excluding carboxylic acids is 1. The number of hydrogen-bond acceptors (Lipinski definition) is 8. The molecular formula is C28H28F3N7O3S. The molecular weight excluding hydrogens is 571 g/mol. The quantitative estimate of drug-likeness (QED) is 0.131. The monoisotopic (exact) mass is 599 g/mol. The molecule has 0 fully saturated rings. The van der Waals surface area contributed by atoms with Gasteiger partial charge >= 0.3 is 12.2 Å². The molecule has 14 heteroatoms. The molecule has 4 aromatic rings. The van der Waals surface area contributed by atoms with Crippen LogP contribution >= 0.6 is 0 Å². The lowest BCUT2D eigenvalue weighted by Gasteiger charge is -2.17. The number of urea groups is 1. The number of anilines is 5. The Labute approximate surface area is 240 Å². The molecule has 220 valence electrons. The number of aliphatic hydroxyl groups excluding tert-OH is 1. The number of aromatic nitrogens is 2. The summed E-state index contributed by atoms with van der Waals surface area (Å²) in [4.78, 5) is 21.7. The van der Waals surface area contributed by atoms with E-state index in [0.717, 1.165) is 12.1 Å². The van der Waals surface area contributed by atoms with Crippen LogP contribution in [0.15, 0.2) is 83.9 Å². The Hall–Kier alpha value is -4.69. The average molecular weight is 600 g/mol. The van der Waals surface area contributed by atoms with Crippen molar-refractivity contribution in [1.82, 2.24) is 9.97 Å². The summed E-state index contributed by atoms with van der Waals surface area (Å²) in [5.74, 6) is 0.684. The van der Waals surface area contributed by atoms with Crippen LogP contribution in [0.2, 0.25) is 0 Å². The Morgan fingerprint density at radius 3 is 2.26 bits per heavy atom. The zero-order valence-corrected chi connectivity index (χ0v) is 23.3. The fourth-order valence-electron chi connectivity index (χ4n) is 3.77. The van der Waals surface area contributed by atoms with Gasteiger partial charge in [-0.15, -0.1) is 0 Å². The normalized spacial score (nSPS) is 13.5. The molecule has 2 atom stereocenters. The largest absolute Gasteiger partial charge is 0.416 e. The summed E-state index contributed by atoms with van der Waals surface area (Å²) in [7, 11) is -2.84. The average Bonchev–Trinajstić information content (AvgIpc) is 2.93. The van der Waals surface area contributed by atoms with Gasteiger partial charge in [0.15, 0.2) is 0 Å². The van der Waals surface area contributed by atoms with Gasteiger partial charge in [0.05, 0.1) is 21.9 Å². The summed E-state index contributed by atoms with van der Waals surface area (Å²) >= 11 is 0. The lowest BCUT2D eigenvalue weighted by atomic mass is 10.1. The summed E-state index contributed by atoms with van der Waals surface area (Å²) in [6.07, 6.45) is -1.60. The Bertz CT molecular complexity index is 1660. The molecule has 4 rings (SSSR count). The van der Waals surface area contributed by atoms with Crippen molar-refractivity contribution < 1.29 is 27.3 Å². The highest BCUT2D eigenvalue weighted by molar-refractivity contribution is 7.91. The maximum Gasteiger partial charge on any atom is 0.416 e. The van der Waals surface area contributed by atoms with Gasteiger partial charge < -0.3 is 26.4 Å². The number of nitrogens with one attached hydrogen (secondary N) is 5. The van der Waals surface area contributed by atoms with Gasteiger partial charge in [-0.2, -0.15) is 18.2 Å². The van der Waals surface area contributed by atoms with Gasteiger partial charge in [0.1, 0.15) is 5.82 Å². The highest BCUT2D eigenvalue weighted by atomic mass is 32.2. The summed E-state index contributed by atoms with van der Waals surface area (Å²) in [6.45, 7) is 1.62. The predicted octanol–water partition coefficient (Wildman–Crippen LogP) is 6.38. The second kappa shape index (κ2) is 12.4. The molecule has 42 heavy (non-hydrogen) atoms. The second-order valence-electron chi connectivity index (χ2n) is 9.41. The summed E-state index contributed by atoms with van der Waals surface area (Å²) in [5.41, 5.74) is 1.44. The minimum absolute atomic E-state index is 0.00386. The van der Waals surface area contributed by atoms with Gasteiger partial charge in [0.2, 0.25) is 5.95 Å². The number of hydrogen-bond donors (Lipinski definition) is 6. The maximum absolute atomic E-state index is 12.9. The van der Waals surface area contributed by atoms with E-state index in [1.165, 1.54) is 18.4 Å². The molecule has 0 bridgehead atoms. The topological polar surface area (TPSA) is 152 Å². The highest BCUT2D eigenvalue weighted by Crippen LogP contribution is 2.31. The van der Waals surface area contributed by atoms with E-state index in [2.05, 4.69) is 31.2 Å². The van der Waals surface area contributed by atoms with E-state index in [4.69, 9.17) is 4.78 Å². The van der Waals surface area contributed by atoms with Crippen LogP contribution in [0, 0.1) is 4.78 Å². The third kappa shape index (κ3) is 7.95. The molecule has 0 spiro atoms. The first-order chi connectivity index (χ1) is 19.8. The Morgan fingerprint density at radius 1 is 1.00 bits per heavy atom. The van der Waals surface area contributed by atoms with E-state index >= 15 is 0 Å². The number of rotatable bonds is 9. The van der Waals surface area contributed by atoms with E-state index in [1.54, 1.807) is 61.7 Å².